The standard InChI is InChI=1S/C25H31BrN2O4/c1-18(30-2)32-23-8-9-24(26)21(13-23)12-19-10-11-27(14-19)15-20-16-28(25(29)31-17-20)22-6-4-3-5-7-22/h3-9,13,18-20H,10-12,14-17H2,1-2H3. The first-order valence-electron chi connectivity index (χ1n) is 11.2. The molecule has 172 valence electrons. The van der Waals surface area contributed by atoms with Gasteiger partial charge in [-0.05, 0) is 68.1 Å². The molecule has 2 aliphatic rings. The largest absolute Gasteiger partial charge is 0.465 e. The lowest BCUT2D eigenvalue weighted by Gasteiger charge is -2.34. The molecule has 2 aliphatic heterocycles. The first-order chi connectivity index (χ1) is 15.5. The Morgan fingerprint density at radius 3 is 2.75 bits per heavy atom. The molecule has 6 nitrogen and oxygen atoms in total. The van der Waals surface area contributed by atoms with E-state index in [1.54, 1.807) is 12.0 Å². The van der Waals surface area contributed by atoms with E-state index in [2.05, 4.69) is 26.9 Å². The van der Waals surface area contributed by atoms with Crippen LogP contribution in [-0.2, 0) is 15.9 Å². The zero-order valence-electron chi connectivity index (χ0n) is 18.7. The van der Waals surface area contributed by atoms with E-state index in [-0.39, 0.29) is 12.4 Å². The summed E-state index contributed by atoms with van der Waals surface area (Å²) in [5.41, 5.74) is 2.16. The number of anilines is 1. The van der Waals surface area contributed by atoms with Crippen molar-refractivity contribution in [3.05, 3.63) is 58.6 Å². The van der Waals surface area contributed by atoms with Gasteiger partial charge in [-0.2, -0.15) is 0 Å². The molecule has 7 heteroatoms. The predicted octanol–water partition coefficient (Wildman–Crippen LogP) is 4.96. The van der Waals surface area contributed by atoms with Crippen LogP contribution in [0.25, 0.3) is 0 Å². The Balaban J connectivity index is 1.31. The number of cyclic esters (lactones) is 1. The Morgan fingerprint density at radius 2 is 1.97 bits per heavy atom. The maximum absolute atomic E-state index is 12.2. The molecule has 0 spiro atoms. The SMILES string of the molecule is COC(C)Oc1ccc(Br)c(CC2CCN(CC3COC(=O)N(c4ccccc4)C3)C2)c1. The Kier molecular flexibility index (Phi) is 7.71. The number of para-hydroxylation sites is 1. The Bertz CT molecular complexity index is 910. The normalized spacial score (nSPS) is 22.6. The second kappa shape index (κ2) is 10.7. The van der Waals surface area contributed by atoms with Crippen LogP contribution in [0, 0.1) is 11.8 Å². The highest BCUT2D eigenvalue weighted by Crippen LogP contribution is 2.30. The number of ether oxygens (including phenoxy) is 3. The van der Waals surface area contributed by atoms with Gasteiger partial charge >= 0.3 is 6.09 Å². The number of hydrogen-bond donors (Lipinski definition) is 0. The van der Waals surface area contributed by atoms with Gasteiger partial charge in [-0.15, -0.1) is 0 Å². The lowest BCUT2D eigenvalue weighted by atomic mass is 9.98. The van der Waals surface area contributed by atoms with Crippen molar-refractivity contribution in [1.82, 2.24) is 4.90 Å². The van der Waals surface area contributed by atoms with Crippen LogP contribution in [0.5, 0.6) is 5.75 Å². The highest BCUT2D eigenvalue weighted by Gasteiger charge is 2.32. The van der Waals surface area contributed by atoms with Crippen LogP contribution < -0.4 is 9.64 Å². The minimum absolute atomic E-state index is 0.249. The Hall–Kier alpha value is -2.09. The molecule has 3 atom stereocenters. The number of amides is 1. The van der Waals surface area contributed by atoms with Crippen LogP contribution in [0.1, 0.15) is 18.9 Å². The lowest BCUT2D eigenvalue weighted by molar-refractivity contribution is -0.0383. The molecule has 0 bridgehead atoms. The summed E-state index contributed by atoms with van der Waals surface area (Å²) in [6, 6.07) is 15.9. The second-order valence-corrected chi connectivity index (χ2v) is 9.54. The second-order valence-electron chi connectivity index (χ2n) is 8.68. The molecule has 0 saturated carbocycles. The van der Waals surface area contributed by atoms with Crippen molar-refractivity contribution in [1.29, 1.82) is 0 Å². The molecule has 32 heavy (non-hydrogen) atoms. The summed E-state index contributed by atoms with van der Waals surface area (Å²) in [7, 11) is 1.64. The topological polar surface area (TPSA) is 51.2 Å². The van der Waals surface area contributed by atoms with Crippen LogP contribution in [0.4, 0.5) is 10.5 Å². The molecule has 2 aromatic rings. The fourth-order valence-corrected chi connectivity index (χ4v) is 4.93. The van der Waals surface area contributed by atoms with E-state index >= 15 is 0 Å². The van der Waals surface area contributed by atoms with E-state index in [1.165, 1.54) is 12.0 Å². The van der Waals surface area contributed by atoms with Crippen LogP contribution in [0.3, 0.4) is 0 Å². The third-order valence-corrected chi connectivity index (χ3v) is 6.99. The number of carbonyl (C=O) groups excluding carboxylic acids is 1. The zero-order chi connectivity index (χ0) is 22.5. The van der Waals surface area contributed by atoms with E-state index < -0.39 is 0 Å². The molecule has 0 N–H and O–H groups in total. The van der Waals surface area contributed by atoms with Crippen LogP contribution in [0.2, 0.25) is 0 Å². The molecule has 4 rings (SSSR count). The van der Waals surface area contributed by atoms with E-state index in [0.29, 0.717) is 25.0 Å². The van der Waals surface area contributed by atoms with Gasteiger partial charge < -0.3 is 19.1 Å². The minimum atomic E-state index is -0.272. The number of nitrogens with zero attached hydrogens (tertiary/aromatic N) is 2. The fraction of sp³-hybridized carbons (Fsp3) is 0.480. The third kappa shape index (κ3) is 5.82. The van der Waals surface area contributed by atoms with E-state index in [0.717, 1.165) is 42.0 Å². The average Bonchev–Trinajstić information content (AvgIpc) is 3.24. The van der Waals surface area contributed by atoms with Crippen molar-refractivity contribution in [2.45, 2.75) is 26.1 Å². The lowest BCUT2D eigenvalue weighted by Crippen LogP contribution is -2.46. The molecular formula is C25H31BrN2O4. The van der Waals surface area contributed by atoms with Gasteiger partial charge in [-0.1, -0.05) is 34.1 Å². The summed E-state index contributed by atoms with van der Waals surface area (Å²) in [4.78, 5) is 16.5. The maximum Gasteiger partial charge on any atom is 0.414 e. The van der Waals surface area contributed by atoms with Crippen LogP contribution in [-0.4, -0.2) is 57.2 Å². The van der Waals surface area contributed by atoms with Gasteiger partial charge in [-0.3, -0.25) is 4.90 Å². The monoisotopic (exact) mass is 502 g/mol. The van der Waals surface area contributed by atoms with E-state index in [9.17, 15) is 4.79 Å². The predicted molar refractivity (Wildman–Crippen MR) is 128 cm³/mol. The maximum atomic E-state index is 12.2. The molecule has 2 saturated heterocycles. The highest BCUT2D eigenvalue weighted by atomic mass is 79.9. The highest BCUT2D eigenvalue weighted by molar-refractivity contribution is 9.10. The Morgan fingerprint density at radius 1 is 1.16 bits per heavy atom. The number of benzene rings is 2. The molecule has 1 amide bonds. The smallest absolute Gasteiger partial charge is 0.414 e. The zero-order valence-corrected chi connectivity index (χ0v) is 20.3. The number of likely N-dealkylation sites (tertiary alicyclic amines) is 1. The van der Waals surface area contributed by atoms with Gasteiger partial charge in [0, 0.05) is 42.8 Å². The van der Waals surface area contributed by atoms with Crippen LogP contribution in [0.15, 0.2) is 53.0 Å². The van der Waals surface area contributed by atoms with Gasteiger partial charge in [0.1, 0.15) is 5.75 Å². The van der Waals surface area contributed by atoms with Crippen molar-refractivity contribution < 1.29 is 19.0 Å². The fourth-order valence-electron chi connectivity index (χ4n) is 4.52. The quantitative estimate of drug-likeness (QED) is 0.477. The van der Waals surface area contributed by atoms with Gasteiger partial charge in [0.05, 0.1) is 6.61 Å². The molecule has 2 aromatic carbocycles. The molecular weight excluding hydrogens is 472 g/mol. The number of methoxy groups -OCH3 is 1. The van der Waals surface area contributed by atoms with Gasteiger partial charge in [0.25, 0.3) is 0 Å². The average molecular weight is 503 g/mol. The molecule has 2 fully saturated rings. The van der Waals surface area contributed by atoms with E-state index in [1.807, 2.05) is 49.4 Å². The summed E-state index contributed by atoms with van der Waals surface area (Å²) >= 11 is 3.70. The summed E-state index contributed by atoms with van der Waals surface area (Å²) in [6.07, 6.45) is 1.65. The number of rotatable bonds is 8. The summed E-state index contributed by atoms with van der Waals surface area (Å²) in [5, 5.41) is 0. The van der Waals surface area contributed by atoms with Crippen molar-refractivity contribution >= 4 is 27.7 Å². The Labute approximate surface area is 198 Å². The number of carbonyl (C=O) groups is 1. The van der Waals surface area contributed by atoms with Crippen molar-refractivity contribution in [2.24, 2.45) is 11.8 Å². The van der Waals surface area contributed by atoms with Gasteiger partial charge in [0.2, 0.25) is 0 Å². The summed E-state index contributed by atoms with van der Waals surface area (Å²) in [5.74, 6) is 1.74. The molecule has 3 unspecified atom stereocenters. The van der Waals surface area contributed by atoms with Crippen molar-refractivity contribution in [3.8, 4) is 5.75 Å². The number of hydrogen-bond acceptors (Lipinski definition) is 5. The first-order valence-corrected chi connectivity index (χ1v) is 12.0. The molecule has 0 aromatic heterocycles. The minimum Gasteiger partial charge on any atom is -0.465 e. The summed E-state index contributed by atoms with van der Waals surface area (Å²) < 4.78 is 17.6. The van der Waals surface area contributed by atoms with Crippen molar-refractivity contribution in [2.75, 3.05) is 44.8 Å². The third-order valence-electron chi connectivity index (χ3n) is 6.22. The first kappa shape index (κ1) is 23.1. The molecule has 0 radical (unpaired) electrons. The van der Waals surface area contributed by atoms with Crippen molar-refractivity contribution in [3.63, 3.8) is 0 Å². The molecule has 2 heterocycles. The van der Waals surface area contributed by atoms with Crippen LogP contribution >= 0.6 is 15.9 Å². The van der Waals surface area contributed by atoms with Gasteiger partial charge in [-0.25, -0.2) is 4.79 Å². The molecule has 0 aliphatic carbocycles. The summed E-state index contributed by atoms with van der Waals surface area (Å²) in [6.45, 7) is 6.16. The van der Waals surface area contributed by atoms with E-state index in [4.69, 9.17) is 14.2 Å². The number of halogens is 1. The van der Waals surface area contributed by atoms with Gasteiger partial charge in [0.15, 0.2) is 6.29 Å².